The third kappa shape index (κ3) is 9.51. The average molecular weight is 717 g/mol. The van der Waals surface area contributed by atoms with Crippen LogP contribution in [-0.4, -0.2) is 138 Å². The number of rotatable bonds is 8. The van der Waals surface area contributed by atoms with Crippen LogP contribution in [0.2, 0.25) is 0 Å². The first-order chi connectivity index (χ1) is 23.5. The molecule has 14 nitrogen and oxygen atoms in total. The minimum atomic E-state index is -1.84. The van der Waals surface area contributed by atoms with E-state index in [0.717, 1.165) is 0 Å². The summed E-state index contributed by atoms with van der Waals surface area (Å²) in [7, 11) is 2.97. The molecule has 0 aromatic rings. The second-order valence-electron chi connectivity index (χ2n) is 14.9. The summed E-state index contributed by atoms with van der Waals surface area (Å²) in [6.07, 6.45) is -5.87. The van der Waals surface area contributed by atoms with Crippen molar-refractivity contribution in [2.24, 2.45) is 23.7 Å². The number of carbonyl (C=O) groups excluding carboxylic acids is 2. The van der Waals surface area contributed by atoms with Crippen molar-refractivity contribution in [3.05, 3.63) is 12.2 Å². The van der Waals surface area contributed by atoms with E-state index >= 15 is 0 Å². The highest BCUT2D eigenvalue weighted by Crippen LogP contribution is 2.39. The van der Waals surface area contributed by atoms with E-state index < -0.39 is 90.9 Å². The lowest BCUT2D eigenvalue weighted by atomic mass is 9.82. The Morgan fingerprint density at radius 1 is 0.940 bits per heavy atom. The normalized spacial score (nSPS) is 47.3. The van der Waals surface area contributed by atoms with Gasteiger partial charge >= 0.3 is 5.97 Å². The van der Waals surface area contributed by atoms with Crippen LogP contribution in [0.3, 0.4) is 0 Å². The molecule has 0 amide bonds. The summed E-state index contributed by atoms with van der Waals surface area (Å²) >= 11 is 0. The van der Waals surface area contributed by atoms with Gasteiger partial charge in [0.2, 0.25) is 0 Å². The van der Waals surface area contributed by atoms with Gasteiger partial charge in [-0.2, -0.15) is 0 Å². The van der Waals surface area contributed by atoms with Gasteiger partial charge in [-0.1, -0.05) is 26.8 Å². The smallest absolute Gasteiger partial charge is 0.330 e. The zero-order chi connectivity index (χ0) is 37.1. The van der Waals surface area contributed by atoms with E-state index in [1.54, 1.807) is 26.8 Å². The van der Waals surface area contributed by atoms with Gasteiger partial charge in [0.15, 0.2) is 12.6 Å². The molecule has 288 valence electrons. The van der Waals surface area contributed by atoms with Gasteiger partial charge in [0, 0.05) is 50.9 Å². The minimum Gasteiger partial charge on any atom is -0.459 e. The maximum Gasteiger partial charge on any atom is 0.330 e. The van der Waals surface area contributed by atoms with Crippen molar-refractivity contribution in [2.75, 3.05) is 20.8 Å². The molecule has 3 saturated heterocycles. The maximum absolute atomic E-state index is 13.4. The Labute approximate surface area is 295 Å². The Balaban J connectivity index is 1.53. The molecule has 0 spiro atoms. The number of aliphatic hydroxyl groups is 4. The zero-order valence-electron chi connectivity index (χ0n) is 30.9. The molecule has 4 N–H and O–H groups in total. The number of esters is 1. The first kappa shape index (κ1) is 41.2. The van der Waals surface area contributed by atoms with Crippen molar-refractivity contribution in [3.63, 3.8) is 0 Å². The van der Waals surface area contributed by atoms with Crippen LogP contribution in [0.15, 0.2) is 12.2 Å². The Morgan fingerprint density at radius 3 is 2.26 bits per heavy atom. The van der Waals surface area contributed by atoms with Gasteiger partial charge in [-0.3, -0.25) is 4.79 Å². The largest absolute Gasteiger partial charge is 0.459 e. The molecule has 0 radical (unpaired) electrons. The van der Waals surface area contributed by atoms with Crippen molar-refractivity contribution >= 4 is 11.8 Å². The standard InChI is InChI=1S/C36H60O14/c1-17-10-13-27(39)47-21(5)24(16-45-34-32(44-9)31(43-8)28(40)22(6)48-34)30-26(49-30)12-11-25(38)18(2)14-19(3)29(17)50-35-33(41)36(42,23(7)37)15-20(4)46-35/h10,13,17-24,26,28-35,37,40-42H,11-12,14-16H2,1-9H3. The van der Waals surface area contributed by atoms with Gasteiger partial charge in [0.05, 0.1) is 43.2 Å². The number of epoxide rings is 1. The average Bonchev–Trinajstić information content (AvgIpc) is 3.83. The lowest BCUT2D eigenvalue weighted by Crippen LogP contribution is -2.63. The van der Waals surface area contributed by atoms with E-state index in [-0.39, 0.29) is 42.9 Å². The van der Waals surface area contributed by atoms with Crippen LogP contribution in [0.4, 0.5) is 0 Å². The molecular weight excluding hydrogens is 656 g/mol. The highest BCUT2D eigenvalue weighted by molar-refractivity contribution is 5.82. The van der Waals surface area contributed by atoms with Crippen LogP contribution in [0.25, 0.3) is 0 Å². The zero-order valence-corrected chi connectivity index (χ0v) is 30.9. The number of aliphatic hydroxyl groups excluding tert-OH is 3. The van der Waals surface area contributed by atoms with Gasteiger partial charge in [-0.05, 0) is 46.5 Å². The third-order valence-corrected chi connectivity index (χ3v) is 11.0. The molecule has 3 fully saturated rings. The van der Waals surface area contributed by atoms with Crippen LogP contribution in [-0.2, 0) is 47.5 Å². The molecule has 0 bridgehead atoms. The number of Topliss-reactive ketones (excluding diaryl/α,β-unsaturated/α-hetero) is 1. The number of carbonyl (C=O) groups is 2. The van der Waals surface area contributed by atoms with Crippen molar-refractivity contribution in [3.8, 4) is 0 Å². The maximum atomic E-state index is 13.4. The lowest BCUT2D eigenvalue weighted by Gasteiger charge is -2.47. The van der Waals surface area contributed by atoms with Crippen molar-refractivity contribution < 1.29 is 67.9 Å². The van der Waals surface area contributed by atoms with Crippen molar-refractivity contribution in [1.29, 1.82) is 0 Å². The predicted octanol–water partition coefficient (Wildman–Crippen LogP) is 1.66. The topological polar surface area (TPSA) is 192 Å². The van der Waals surface area contributed by atoms with E-state index in [4.69, 9.17) is 37.9 Å². The molecule has 0 aliphatic carbocycles. The molecule has 0 aromatic heterocycles. The van der Waals surface area contributed by atoms with Gasteiger partial charge in [-0.25, -0.2) is 4.79 Å². The molecule has 0 saturated carbocycles. The Hall–Kier alpha value is -1.56. The van der Waals surface area contributed by atoms with Gasteiger partial charge in [0.1, 0.15) is 41.9 Å². The first-order valence-electron chi connectivity index (χ1n) is 18.0. The summed E-state index contributed by atoms with van der Waals surface area (Å²) in [5.74, 6) is -1.86. The van der Waals surface area contributed by atoms with E-state index in [1.165, 1.54) is 27.2 Å². The number of hydrogen-bond acceptors (Lipinski definition) is 14. The van der Waals surface area contributed by atoms with E-state index in [2.05, 4.69) is 0 Å². The number of fused-ring (bicyclic) bond motifs is 1. The number of cyclic esters (lactones) is 1. The summed E-state index contributed by atoms with van der Waals surface area (Å²) in [5.41, 5.74) is -1.84. The first-order valence-corrected chi connectivity index (χ1v) is 18.0. The minimum absolute atomic E-state index is 0.0189. The Morgan fingerprint density at radius 2 is 1.62 bits per heavy atom. The highest BCUT2D eigenvalue weighted by atomic mass is 16.7. The van der Waals surface area contributed by atoms with Gasteiger partial charge in [-0.15, -0.1) is 0 Å². The molecule has 4 aliphatic heterocycles. The molecule has 14 heteroatoms. The summed E-state index contributed by atoms with van der Waals surface area (Å²) < 4.78 is 47.4. The number of hydrogen-bond donors (Lipinski definition) is 4. The number of ketones is 1. The quantitative estimate of drug-likeness (QED) is 0.209. The molecule has 4 heterocycles. The van der Waals surface area contributed by atoms with E-state index in [9.17, 15) is 30.0 Å². The molecule has 18 atom stereocenters. The summed E-state index contributed by atoms with van der Waals surface area (Å²) in [4.78, 5) is 26.6. The van der Waals surface area contributed by atoms with Gasteiger partial charge < -0.3 is 58.3 Å². The van der Waals surface area contributed by atoms with Gasteiger partial charge in [0.25, 0.3) is 0 Å². The fraction of sp³-hybridized carbons (Fsp3) is 0.889. The number of methoxy groups -OCH3 is 2. The summed E-state index contributed by atoms with van der Waals surface area (Å²) in [6, 6.07) is 0. The summed E-state index contributed by atoms with van der Waals surface area (Å²) in [5, 5.41) is 43.0. The fourth-order valence-electron chi connectivity index (χ4n) is 7.74. The highest BCUT2D eigenvalue weighted by Gasteiger charge is 2.52. The van der Waals surface area contributed by atoms with Crippen LogP contribution < -0.4 is 0 Å². The molecule has 0 aromatic carbocycles. The second-order valence-corrected chi connectivity index (χ2v) is 14.9. The van der Waals surface area contributed by atoms with Crippen molar-refractivity contribution in [2.45, 2.75) is 159 Å². The summed E-state index contributed by atoms with van der Waals surface area (Å²) in [6.45, 7) is 12.4. The van der Waals surface area contributed by atoms with Crippen LogP contribution >= 0.6 is 0 Å². The van der Waals surface area contributed by atoms with Crippen molar-refractivity contribution in [1.82, 2.24) is 0 Å². The monoisotopic (exact) mass is 716 g/mol. The molecule has 4 rings (SSSR count). The Bertz CT molecular complexity index is 1150. The second kappa shape index (κ2) is 17.5. The molecular formula is C36H60O14. The van der Waals surface area contributed by atoms with Crippen LogP contribution in [0, 0.1) is 23.7 Å². The molecule has 18 unspecified atom stereocenters. The predicted molar refractivity (Wildman–Crippen MR) is 178 cm³/mol. The fourth-order valence-corrected chi connectivity index (χ4v) is 7.74. The molecule has 50 heavy (non-hydrogen) atoms. The van der Waals surface area contributed by atoms with Crippen LogP contribution in [0.1, 0.15) is 74.1 Å². The third-order valence-electron chi connectivity index (χ3n) is 11.0. The molecule has 4 aliphatic rings. The van der Waals surface area contributed by atoms with E-state index in [1.807, 2.05) is 20.8 Å². The van der Waals surface area contributed by atoms with Crippen LogP contribution in [0.5, 0.6) is 0 Å². The number of ether oxygens (including phenoxy) is 8. The SMILES string of the molecule is COC1C(OCC2C(C)OC(=O)C=CC(C)C(OC3OC(C)CC(O)(C(C)O)C3O)C(C)CC(C)C(=O)CCC3OC32)OC(C)C(O)C1OC. The lowest BCUT2D eigenvalue weighted by molar-refractivity contribution is -0.322. The van der Waals surface area contributed by atoms with E-state index in [0.29, 0.717) is 19.3 Å². The Kier molecular flexibility index (Phi) is 14.4.